The van der Waals surface area contributed by atoms with Crippen LogP contribution in [0.15, 0.2) is 24.3 Å². The summed E-state index contributed by atoms with van der Waals surface area (Å²) >= 11 is 0. The van der Waals surface area contributed by atoms with Crippen molar-refractivity contribution in [3.8, 4) is 0 Å². The number of carbonyl (C=O) groups is 1. The van der Waals surface area contributed by atoms with Gasteiger partial charge < -0.3 is 15.8 Å². The fraction of sp³-hybridized carbons (Fsp3) is 0.300. The number of rotatable bonds is 1. The largest absolute Gasteiger partial charge is 0.399 e. The molecule has 1 aromatic carbocycles. The molecule has 1 aromatic rings. The SMILES string of the molecule is Nc1ccc(C2COCC(=O)N2)cc1. The molecule has 1 unspecified atom stereocenters. The van der Waals surface area contributed by atoms with Crippen LogP contribution in [-0.2, 0) is 9.53 Å². The van der Waals surface area contributed by atoms with Gasteiger partial charge in [-0.15, -0.1) is 0 Å². The summed E-state index contributed by atoms with van der Waals surface area (Å²) in [7, 11) is 0. The molecular formula is C10H12N2O2. The highest BCUT2D eigenvalue weighted by Crippen LogP contribution is 2.17. The molecule has 4 nitrogen and oxygen atoms in total. The Hall–Kier alpha value is -1.55. The van der Waals surface area contributed by atoms with E-state index >= 15 is 0 Å². The van der Waals surface area contributed by atoms with E-state index in [2.05, 4.69) is 5.32 Å². The van der Waals surface area contributed by atoms with E-state index in [4.69, 9.17) is 10.5 Å². The first-order valence-electron chi connectivity index (χ1n) is 4.48. The first-order chi connectivity index (χ1) is 6.75. The predicted octanol–water partition coefficient (Wildman–Crippen LogP) is 0.456. The number of benzene rings is 1. The van der Waals surface area contributed by atoms with Gasteiger partial charge in [0.1, 0.15) is 6.61 Å². The maximum Gasteiger partial charge on any atom is 0.246 e. The fourth-order valence-corrected chi connectivity index (χ4v) is 1.46. The Labute approximate surface area is 82.1 Å². The number of anilines is 1. The number of hydrogen-bond donors (Lipinski definition) is 2. The lowest BCUT2D eigenvalue weighted by molar-refractivity contribution is -0.131. The summed E-state index contributed by atoms with van der Waals surface area (Å²) in [6.45, 7) is 0.682. The van der Waals surface area contributed by atoms with Gasteiger partial charge in [-0.2, -0.15) is 0 Å². The molecule has 0 aromatic heterocycles. The number of morpholine rings is 1. The molecule has 3 N–H and O–H groups in total. The van der Waals surface area contributed by atoms with Crippen LogP contribution in [0.1, 0.15) is 11.6 Å². The van der Waals surface area contributed by atoms with Crippen molar-refractivity contribution in [3.63, 3.8) is 0 Å². The molecule has 0 saturated carbocycles. The van der Waals surface area contributed by atoms with Crippen LogP contribution < -0.4 is 11.1 Å². The van der Waals surface area contributed by atoms with Gasteiger partial charge in [-0.1, -0.05) is 12.1 Å². The second kappa shape index (κ2) is 3.67. The van der Waals surface area contributed by atoms with Crippen molar-refractivity contribution < 1.29 is 9.53 Å². The van der Waals surface area contributed by atoms with Crippen LogP contribution in [0.2, 0.25) is 0 Å². The molecular weight excluding hydrogens is 180 g/mol. The average Bonchev–Trinajstić information content (AvgIpc) is 2.19. The minimum Gasteiger partial charge on any atom is -0.399 e. The van der Waals surface area contributed by atoms with Crippen LogP contribution in [0.3, 0.4) is 0 Å². The van der Waals surface area contributed by atoms with E-state index in [0.29, 0.717) is 6.61 Å². The molecule has 1 saturated heterocycles. The smallest absolute Gasteiger partial charge is 0.246 e. The first-order valence-corrected chi connectivity index (χ1v) is 4.48. The highest BCUT2D eigenvalue weighted by molar-refractivity contribution is 5.78. The van der Waals surface area contributed by atoms with E-state index in [0.717, 1.165) is 11.3 Å². The summed E-state index contributed by atoms with van der Waals surface area (Å²) in [6.07, 6.45) is 0. The lowest BCUT2D eigenvalue weighted by Gasteiger charge is -2.23. The van der Waals surface area contributed by atoms with Crippen molar-refractivity contribution in [2.75, 3.05) is 18.9 Å². The van der Waals surface area contributed by atoms with Crippen LogP contribution in [0, 0.1) is 0 Å². The van der Waals surface area contributed by atoms with Crippen LogP contribution in [0.5, 0.6) is 0 Å². The predicted molar refractivity (Wildman–Crippen MR) is 52.6 cm³/mol. The molecule has 1 heterocycles. The third-order valence-electron chi connectivity index (χ3n) is 2.19. The molecule has 0 radical (unpaired) electrons. The number of amides is 1. The van der Waals surface area contributed by atoms with E-state index in [1.54, 1.807) is 0 Å². The summed E-state index contributed by atoms with van der Waals surface area (Å²) in [6, 6.07) is 7.38. The zero-order valence-corrected chi connectivity index (χ0v) is 7.69. The Morgan fingerprint density at radius 2 is 2.07 bits per heavy atom. The molecule has 1 atom stereocenters. The van der Waals surface area contributed by atoms with E-state index < -0.39 is 0 Å². The average molecular weight is 192 g/mol. The molecule has 74 valence electrons. The topological polar surface area (TPSA) is 64.3 Å². The van der Waals surface area contributed by atoms with Crippen molar-refractivity contribution >= 4 is 11.6 Å². The van der Waals surface area contributed by atoms with Crippen LogP contribution in [-0.4, -0.2) is 19.1 Å². The molecule has 0 bridgehead atoms. The maximum atomic E-state index is 11.1. The number of nitrogen functional groups attached to an aromatic ring is 1. The summed E-state index contributed by atoms with van der Waals surface area (Å²) in [4.78, 5) is 11.1. The van der Waals surface area contributed by atoms with Gasteiger partial charge >= 0.3 is 0 Å². The molecule has 1 aliphatic heterocycles. The number of carbonyl (C=O) groups excluding carboxylic acids is 1. The zero-order valence-electron chi connectivity index (χ0n) is 7.69. The van der Waals surface area contributed by atoms with Crippen LogP contribution in [0.25, 0.3) is 0 Å². The highest BCUT2D eigenvalue weighted by atomic mass is 16.5. The van der Waals surface area contributed by atoms with E-state index in [9.17, 15) is 4.79 Å². The van der Waals surface area contributed by atoms with Gasteiger partial charge in [-0.3, -0.25) is 4.79 Å². The number of hydrogen-bond acceptors (Lipinski definition) is 3. The first kappa shape index (κ1) is 9.02. The van der Waals surface area contributed by atoms with Gasteiger partial charge in [0.2, 0.25) is 5.91 Å². The van der Waals surface area contributed by atoms with E-state index in [1.165, 1.54) is 0 Å². The molecule has 2 rings (SSSR count). The second-order valence-corrected chi connectivity index (χ2v) is 3.30. The highest BCUT2D eigenvalue weighted by Gasteiger charge is 2.19. The third kappa shape index (κ3) is 1.85. The molecule has 1 fully saturated rings. The standard InChI is InChI=1S/C10H12N2O2/c11-8-3-1-7(2-4-8)9-5-14-6-10(13)12-9/h1-4,9H,5-6,11H2,(H,12,13). The monoisotopic (exact) mass is 192 g/mol. The Balaban J connectivity index is 2.14. The Morgan fingerprint density at radius 1 is 1.36 bits per heavy atom. The van der Waals surface area contributed by atoms with Gasteiger partial charge in [0.05, 0.1) is 12.6 Å². The van der Waals surface area contributed by atoms with Crippen molar-refractivity contribution in [2.45, 2.75) is 6.04 Å². The minimum atomic E-state index is -0.0712. The minimum absolute atomic E-state index is 0.0446. The summed E-state index contributed by atoms with van der Waals surface area (Å²) in [5, 5.41) is 2.85. The summed E-state index contributed by atoms with van der Waals surface area (Å²) < 4.78 is 5.14. The molecule has 0 spiro atoms. The summed E-state index contributed by atoms with van der Waals surface area (Å²) in [5.74, 6) is -0.0712. The van der Waals surface area contributed by atoms with Gasteiger partial charge in [-0.25, -0.2) is 0 Å². The van der Waals surface area contributed by atoms with E-state index in [-0.39, 0.29) is 18.6 Å². The van der Waals surface area contributed by atoms with Crippen molar-refractivity contribution in [1.29, 1.82) is 0 Å². The summed E-state index contributed by atoms with van der Waals surface area (Å²) in [5.41, 5.74) is 7.30. The van der Waals surface area contributed by atoms with E-state index in [1.807, 2.05) is 24.3 Å². The van der Waals surface area contributed by atoms with Gasteiger partial charge in [0, 0.05) is 5.69 Å². The molecule has 14 heavy (non-hydrogen) atoms. The van der Waals surface area contributed by atoms with Gasteiger partial charge in [0.15, 0.2) is 0 Å². The maximum absolute atomic E-state index is 11.1. The Kier molecular flexibility index (Phi) is 2.37. The van der Waals surface area contributed by atoms with Crippen LogP contribution in [0.4, 0.5) is 5.69 Å². The Morgan fingerprint density at radius 3 is 2.71 bits per heavy atom. The van der Waals surface area contributed by atoms with Crippen molar-refractivity contribution in [3.05, 3.63) is 29.8 Å². The number of nitrogens with two attached hydrogens (primary N) is 1. The zero-order chi connectivity index (χ0) is 9.97. The number of nitrogens with one attached hydrogen (secondary N) is 1. The molecule has 4 heteroatoms. The van der Waals surface area contributed by atoms with Crippen molar-refractivity contribution in [1.82, 2.24) is 5.32 Å². The second-order valence-electron chi connectivity index (χ2n) is 3.30. The normalized spacial score (nSPS) is 21.7. The quantitative estimate of drug-likeness (QED) is 0.635. The van der Waals surface area contributed by atoms with Gasteiger partial charge in [-0.05, 0) is 17.7 Å². The van der Waals surface area contributed by atoms with Crippen LogP contribution >= 0.6 is 0 Å². The fourth-order valence-electron chi connectivity index (χ4n) is 1.46. The molecule has 0 aliphatic carbocycles. The number of ether oxygens (including phenoxy) is 1. The Bertz CT molecular complexity index is 334. The molecule has 1 aliphatic rings. The van der Waals surface area contributed by atoms with Gasteiger partial charge in [0.25, 0.3) is 0 Å². The lowest BCUT2D eigenvalue weighted by atomic mass is 10.1. The molecule has 1 amide bonds. The van der Waals surface area contributed by atoms with Crippen molar-refractivity contribution in [2.24, 2.45) is 0 Å². The third-order valence-corrected chi connectivity index (χ3v) is 2.19. The lowest BCUT2D eigenvalue weighted by Crippen LogP contribution is -2.39.